The summed E-state index contributed by atoms with van der Waals surface area (Å²) in [5.41, 5.74) is 1.56. The summed E-state index contributed by atoms with van der Waals surface area (Å²) in [6.07, 6.45) is 0. The lowest BCUT2D eigenvalue weighted by Gasteiger charge is -2.02. The molecule has 0 unspecified atom stereocenters. The number of rotatable bonds is 4. The second-order valence-electron chi connectivity index (χ2n) is 4.67. The lowest BCUT2D eigenvalue weighted by atomic mass is 10.1. The van der Waals surface area contributed by atoms with E-state index in [1.807, 2.05) is 26.2 Å². The van der Waals surface area contributed by atoms with Gasteiger partial charge in [0.15, 0.2) is 0 Å². The quantitative estimate of drug-likeness (QED) is 0.770. The third-order valence-corrected chi connectivity index (χ3v) is 4.44. The Bertz CT molecular complexity index is 630. The Labute approximate surface area is 126 Å². The van der Waals surface area contributed by atoms with Crippen LogP contribution in [0.15, 0.2) is 9.80 Å². The summed E-state index contributed by atoms with van der Waals surface area (Å²) in [6, 6.07) is 0. The summed E-state index contributed by atoms with van der Waals surface area (Å²) < 4.78 is 10.6. The Morgan fingerprint density at radius 2 is 2.25 bits per heavy atom. The summed E-state index contributed by atoms with van der Waals surface area (Å²) in [5.74, 6) is 0.116. The molecule has 0 saturated heterocycles. The highest BCUT2D eigenvalue weighted by Crippen LogP contribution is 2.37. The van der Waals surface area contributed by atoms with Gasteiger partial charge in [-0.1, -0.05) is 25.4 Å². The zero-order valence-corrected chi connectivity index (χ0v) is 13.4. The topological polar surface area (TPSA) is 52.3 Å². The minimum absolute atomic E-state index is 0.0618. The zero-order chi connectivity index (χ0) is 14.9. The molecule has 20 heavy (non-hydrogen) atoms. The Morgan fingerprint density at radius 3 is 2.75 bits per heavy atom. The maximum atomic E-state index is 11.9. The van der Waals surface area contributed by atoms with E-state index in [9.17, 15) is 4.79 Å². The van der Waals surface area contributed by atoms with Crippen molar-refractivity contribution in [3.63, 3.8) is 0 Å². The number of aromatic nitrogens is 1. The van der Waals surface area contributed by atoms with Gasteiger partial charge in [0.1, 0.15) is 4.88 Å². The maximum Gasteiger partial charge on any atom is 0.376 e. The van der Waals surface area contributed by atoms with Crippen molar-refractivity contribution in [2.24, 2.45) is 0 Å². The van der Waals surface area contributed by atoms with E-state index in [2.05, 4.69) is 4.98 Å². The number of thiophene rings is 1. The van der Waals surface area contributed by atoms with Crippen molar-refractivity contribution in [3.8, 4) is 10.8 Å². The van der Waals surface area contributed by atoms with Crippen LogP contribution in [-0.4, -0.2) is 17.6 Å². The molecule has 6 heteroatoms. The number of nitrogens with zero attached hydrogens (tertiary/aromatic N) is 1. The SMILES string of the molecule is CCOC(=O)c1oc(-c2scc(C)c2Cl)nc1C(C)C. The lowest BCUT2D eigenvalue weighted by Crippen LogP contribution is -2.07. The van der Waals surface area contributed by atoms with Crippen molar-refractivity contribution < 1.29 is 13.9 Å². The van der Waals surface area contributed by atoms with Gasteiger partial charge in [0.05, 0.1) is 17.3 Å². The van der Waals surface area contributed by atoms with Gasteiger partial charge >= 0.3 is 5.97 Å². The van der Waals surface area contributed by atoms with Crippen molar-refractivity contribution in [3.05, 3.63) is 27.4 Å². The van der Waals surface area contributed by atoms with Gasteiger partial charge in [-0.3, -0.25) is 0 Å². The number of ether oxygens (including phenoxy) is 1. The first kappa shape index (κ1) is 15.1. The van der Waals surface area contributed by atoms with Crippen LogP contribution in [0.4, 0.5) is 0 Å². The van der Waals surface area contributed by atoms with E-state index in [1.54, 1.807) is 6.92 Å². The number of hydrogen-bond donors (Lipinski definition) is 0. The molecule has 2 heterocycles. The smallest absolute Gasteiger partial charge is 0.376 e. The first-order valence-electron chi connectivity index (χ1n) is 6.37. The first-order chi connectivity index (χ1) is 9.45. The van der Waals surface area contributed by atoms with Crippen LogP contribution in [-0.2, 0) is 4.74 Å². The molecule has 0 bridgehead atoms. The molecule has 0 N–H and O–H groups in total. The molecule has 0 radical (unpaired) electrons. The van der Waals surface area contributed by atoms with Gasteiger partial charge < -0.3 is 9.15 Å². The molecule has 0 saturated carbocycles. The number of oxazole rings is 1. The van der Waals surface area contributed by atoms with Gasteiger partial charge in [0.2, 0.25) is 11.7 Å². The average molecular weight is 314 g/mol. The highest BCUT2D eigenvalue weighted by Gasteiger charge is 2.25. The standard InChI is InChI=1S/C14H16ClNO3S/c1-5-18-14(17)11-10(7(2)3)16-13(19-11)12-9(15)8(4)6-20-12/h6-7H,5H2,1-4H3. The molecule has 108 valence electrons. The van der Waals surface area contributed by atoms with Crippen LogP contribution in [0.3, 0.4) is 0 Å². The minimum Gasteiger partial charge on any atom is -0.460 e. The van der Waals surface area contributed by atoms with E-state index in [1.165, 1.54) is 11.3 Å². The van der Waals surface area contributed by atoms with Crippen molar-refractivity contribution in [2.45, 2.75) is 33.6 Å². The van der Waals surface area contributed by atoms with Gasteiger partial charge in [-0.2, -0.15) is 0 Å². The number of hydrogen-bond acceptors (Lipinski definition) is 5. The van der Waals surface area contributed by atoms with Crippen molar-refractivity contribution in [1.82, 2.24) is 4.98 Å². The predicted molar refractivity (Wildman–Crippen MR) is 79.6 cm³/mol. The van der Waals surface area contributed by atoms with Crippen LogP contribution < -0.4 is 0 Å². The first-order valence-corrected chi connectivity index (χ1v) is 7.63. The predicted octanol–water partition coefficient (Wildman–Crippen LogP) is 4.67. The summed E-state index contributed by atoms with van der Waals surface area (Å²) in [5, 5.41) is 2.54. The van der Waals surface area contributed by atoms with Gasteiger partial charge in [0.25, 0.3) is 0 Å². The number of halogens is 1. The van der Waals surface area contributed by atoms with Crippen molar-refractivity contribution in [2.75, 3.05) is 6.61 Å². The third kappa shape index (κ3) is 2.74. The van der Waals surface area contributed by atoms with Crippen LogP contribution >= 0.6 is 22.9 Å². The molecule has 2 aromatic rings. The van der Waals surface area contributed by atoms with E-state index in [4.69, 9.17) is 20.8 Å². The van der Waals surface area contributed by atoms with Crippen molar-refractivity contribution in [1.29, 1.82) is 0 Å². The molecule has 0 spiro atoms. The van der Waals surface area contributed by atoms with E-state index < -0.39 is 5.97 Å². The van der Waals surface area contributed by atoms with E-state index in [0.717, 1.165) is 10.4 Å². The molecule has 0 aliphatic carbocycles. The fourth-order valence-electron chi connectivity index (χ4n) is 1.74. The fraction of sp³-hybridized carbons (Fsp3) is 0.429. The van der Waals surface area contributed by atoms with Crippen LogP contribution in [0.2, 0.25) is 5.02 Å². The number of esters is 1. The normalized spacial score (nSPS) is 11.1. The molecular weight excluding hydrogens is 298 g/mol. The van der Waals surface area contributed by atoms with Gasteiger partial charge in [-0.25, -0.2) is 9.78 Å². The Hall–Kier alpha value is -1.33. The van der Waals surface area contributed by atoms with Crippen LogP contribution in [0.25, 0.3) is 10.8 Å². The number of carbonyl (C=O) groups is 1. The van der Waals surface area contributed by atoms with E-state index in [-0.39, 0.29) is 11.7 Å². The second kappa shape index (κ2) is 5.97. The van der Waals surface area contributed by atoms with Crippen LogP contribution in [0, 0.1) is 6.92 Å². The highest BCUT2D eigenvalue weighted by atomic mass is 35.5. The molecule has 2 rings (SSSR count). The maximum absolute atomic E-state index is 11.9. The Kier molecular flexibility index (Phi) is 4.50. The van der Waals surface area contributed by atoms with Gasteiger partial charge in [0, 0.05) is 0 Å². The highest BCUT2D eigenvalue weighted by molar-refractivity contribution is 7.14. The average Bonchev–Trinajstić information content (AvgIpc) is 2.95. The minimum atomic E-state index is -0.487. The molecule has 0 aliphatic heterocycles. The molecule has 2 aromatic heterocycles. The Morgan fingerprint density at radius 1 is 1.55 bits per heavy atom. The van der Waals surface area contributed by atoms with Crippen LogP contribution in [0.1, 0.15) is 48.5 Å². The molecular formula is C14H16ClNO3S. The summed E-state index contributed by atoms with van der Waals surface area (Å²) in [7, 11) is 0. The molecule has 0 fully saturated rings. The molecule has 0 atom stereocenters. The fourth-order valence-corrected chi connectivity index (χ4v) is 2.94. The summed E-state index contributed by atoms with van der Waals surface area (Å²) in [4.78, 5) is 17.1. The van der Waals surface area contributed by atoms with E-state index >= 15 is 0 Å². The summed E-state index contributed by atoms with van der Waals surface area (Å²) >= 11 is 7.67. The molecule has 0 aromatic carbocycles. The largest absolute Gasteiger partial charge is 0.460 e. The molecule has 0 aliphatic rings. The zero-order valence-electron chi connectivity index (χ0n) is 11.8. The second-order valence-corrected chi connectivity index (χ2v) is 5.93. The number of aryl methyl sites for hydroxylation is 1. The lowest BCUT2D eigenvalue weighted by molar-refractivity contribution is 0.0489. The van der Waals surface area contributed by atoms with Crippen molar-refractivity contribution >= 4 is 28.9 Å². The summed E-state index contributed by atoms with van der Waals surface area (Å²) in [6.45, 7) is 7.87. The van der Waals surface area contributed by atoms with Gasteiger partial charge in [-0.05, 0) is 30.7 Å². The Balaban J connectivity index is 2.49. The molecule has 4 nitrogen and oxygen atoms in total. The van der Waals surface area contributed by atoms with Crippen LogP contribution in [0.5, 0.6) is 0 Å². The van der Waals surface area contributed by atoms with Gasteiger partial charge in [-0.15, -0.1) is 11.3 Å². The van der Waals surface area contributed by atoms with E-state index in [0.29, 0.717) is 23.2 Å². The molecule has 0 amide bonds. The third-order valence-electron chi connectivity index (χ3n) is 2.75. The monoisotopic (exact) mass is 313 g/mol. The number of carbonyl (C=O) groups excluding carboxylic acids is 1.